The molecule has 0 aliphatic rings. The van der Waals surface area contributed by atoms with Crippen molar-refractivity contribution in [3.8, 4) is 44.9 Å². The number of hydrogen-bond acceptors (Lipinski definition) is 2. The molecule has 0 aliphatic heterocycles. The van der Waals surface area contributed by atoms with Gasteiger partial charge in [0.25, 0.3) is 6.08 Å². The third-order valence-electron chi connectivity index (χ3n) is 7.50. The van der Waals surface area contributed by atoms with E-state index < -0.39 is 92.5 Å². The Morgan fingerprint density at radius 3 is 1.73 bits per heavy atom. The number of ether oxygens (including phenoxy) is 2. The van der Waals surface area contributed by atoms with E-state index in [0.717, 1.165) is 36.1 Å². The SMILES string of the molecule is CCCc1ccc(-c2ccc(-c3cc(F)c(-c4cc(F)c(C(F)(F)Oc5cc(F)c(OC(F)(F)C=C(F)F)c(F)c5)c(F)c4)c(Cl)c3)c(F)c2)cc1. The van der Waals surface area contributed by atoms with Gasteiger partial charge in [0, 0.05) is 23.3 Å². The van der Waals surface area contributed by atoms with Gasteiger partial charge in [-0.3, -0.25) is 0 Å². The monoisotopic (exact) mass is 760 g/mol. The van der Waals surface area contributed by atoms with Crippen LogP contribution < -0.4 is 9.47 Å². The molecule has 272 valence electrons. The standard InChI is InChI=1S/C37H21ClF12O2/c1-2-3-18-4-6-19(7-5-18)20-8-9-24(26(39)11-20)21-10-25(38)33(27(40)12-21)22-13-28(41)34(29(42)14-22)37(49,50)51-23-15-30(43)35(31(44)16-23)52-36(47,48)17-32(45)46/h4-17H,2-3H2,1H3. The van der Waals surface area contributed by atoms with E-state index in [4.69, 9.17) is 11.6 Å². The third-order valence-corrected chi connectivity index (χ3v) is 7.80. The maximum Gasteiger partial charge on any atom is 0.432 e. The fourth-order valence-electron chi connectivity index (χ4n) is 5.27. The normalized spacial score (nSPS) is 11.8. The minimum Gasteiger partial charge on any atom is -0.429 e. The molecule has 5 aromatic rings. The zero-order valence-electron chi connectivity index (χ0n) is 26.2. The van der Waals surface area contributed by atoms with Crippen molar-refractivity contribution in [1.29, 1.82) is 0 Å². The van der Waals surface area contributed by atoms with Crippen LogP contribution in [0.3, 0.4) is 0 Å². The highest BCUT2D eigenvalue weighted by Gasteiger charge is 2.42. The Morgan fingerprint density at radius 1 is 0.635 bits per heavy atom. The fourth-order valence-corrected chi connectivity index (χ4v) is 5.58. The van der Waals surface area contributed by atoms with E-state index >= 15 is 17.6 Å². The quantitative estimate of drug-likeness (QED) is 0.125. The molecule has 5 rings (SSSR count). The van der Waals surface area contributed by atoms with Crippen molar-refractivity contribution in [2.75, 3.05) is 0 Å². The predicted octanol–water partition coefficient (Wildman–Crippen LogP) is 13.0. The highest BCUT2D eigenvalue weighted by atomic mass is 35.5. The number of hydrogen-bond donors (Lipinski definition) is 0. The topological polar surface area (TPSA) is 18.5 Å². The second-order valence-electron chi connectivity index (χ2n) is 11.2. The summed E-state index contributed by atoms with van der Waals surface area (Å²) in [7, 11) is 0. The molecule has 0 bridgehead atoms. The summed E-state index contributed by atoms with van der Waals surface area (Å²) in [5.41, 5.74) is -1.20. The molecule has 52 heavy (non-hydrogen) atoms. The highest BCUT2D eigenvalue weighted by molar-refractivity contribution is 6.33. The molecule has 0 fully saturated rings. The van der Waals surface area contributed by atoms with Crippen LogP contribution in [-0.2, 0) is 12.5 Å². The number of rotatable bonds is 11. The molecule has 0 N–H and O–H groups in total. The van der Waals surface area contributed by atoms with E-state index in [0.29, 0.717) is 5.56 Å². The van der Waals surface area contributed by atoms with Crippen molar-refractivity contribution < 1.29 is 62.2 Å². The van der Waals surface area contributed by atoms with Gasteiger partial charge in [-0.05, 0) is 64.6 Å². The molecule has 0 aromatic heterocycles. The van der Waals surface area contributed by atoms with Gasteiger partial charge >= 0.3 is 12.2 Å². The summed E-state index contributed by atoms with van der Waals surface area (Å²) in [6, 6.07) is 13.9. The van der Waals surface area contributed by atoms with Gasteiger partial charge in [-0.2, -0.15) is 26.3 Å². The Morgan fingerprint density at radius 2 is 1.19 bits per heavy atom. The first kappa shape index (κ1) is 38.1. The Balaban J connectivity index is 1.40. The first-order valence-corrected chi connectivity index (χ1v) is 15.3. The first-order valence-electron chi connectivity index (χ1n) is 14.9. The summed E-state index contributed by atoms with van der Waals surface area (Å²) < 4.78 is 178. The molecule has 0 spiro atoms. The van der Waals surface area contributed by atoms with Crippen molar-refractivity contribution in [2.24, 2.45) is 0 Å². The van der Waals surface area contributed by atoms with Crippen LogP contribution in [0.2, 0.25) is 5.02 Å². The lowest BCUT2D eigenvalue weighted by atomic mass is 9.96. The van der Waals surface area contributed by atoms with Gasteiger partial charge in [0.2, 0.25) is 0 Å². The summed E-state index contributed by atoms with van der Waals surface area (Å²) in [5, 5.41) is -0.483. The van der Waals surface area contributed by atoms with Crippen molar-refractivity contribution in [3.63, 3.8) is 0 Å². The van der Waals surface area contributed by atoms with E-state index in [-0.39, 0.29) is 35.4 Å². The second-order valence-corrected chi connectivity index (χ2v) is 11.6. The molecule has 15 heteroatoms. The van der Waals surface area contributed by atoms with E-state index in [1.54, 1.807) is 6.07 Å². The molecule has 0 aliphatic carbocycles. The van der Waals surface area contributed by atoms with Crippen LogP contribution in [0.4, 0.5) is 52.7 Å². The zero-order valence-corrected chi connectivity index (χ0v) is 27.0. The molecule has 0 heterocycles. The molecule has 0 atom stereocenters. The van der Waals surface area contributed by atoms with Crippen molar-refractivity contribution in [3.05, 3.63) is 142 Å². The van der Waals surface area contributed by atoms with Crippen molar-refractivity contribution in [1.82, 2.24) is 0 Å². The average Bonchev–Trinajstić information content (AvgIpc) is 3.01. The van der Waals surface area contributed by atoms with E-state index in [2.05, 4.69) is 9.47 Å². The maximum atomic E-state index is 15.4. The van der Waals surface area contributed by atoms with E-state index in [1.807, 2.05) is 31.2 Å². The summed E-state index contributed by atoms with van der Waals surface area (Å²) in [6.45, 7) is 2.04. The molecule has 0 radical (unpaired) electrons. The summed E-state index contributed by atoms with van der Waals surface area (Å²) in [4.78, 5) is 0. The summed E-state index contributed by atoms with van der Waals surface area (Å²) in [6.07, 6.45) is -12.2. The molecule has 0 amide bonds. The van der Waals surface area contributed by atoms with Crippen molar-refractivity contribution in [2.45, 2.75) is 32.0 Å². The third kappa shape index (κ3) is 8.33. The molecular weight excluding hydrogens is 740 g/mol. The molecular formula is C37H21ClF12O2. The second kappa shape index (κ2) is 14.9. The van der Waals surface area contributed by atoms with Gasteiger partial charge in [0.05, 0.1) is 11.1 Å². The van der Waals surface area contributed by atoms with Gasteiger partial charge in [-0.1, -0.05) is 61.3 Å². The Bertz CT molecular complexity index is 2090. The van der Waals surface area contributed by atoms with Crippen LogP contribution in [0.5, 0.6) is 11.5 Å². The van der Waals surface area contributed by atoms with E-state index in [1.165, 1.54) is 12.1 Å². The highest BCUT2D eigenvalue weighted by Crippen LogP contribution is 2.42. The fraction of sp³-hybridized carbons (Fsp3) is 0.135. The van der Waals surface area contributed by atoms with Gasteiger partial charge in [0.1, 0.15) is 34.6 Å². The number of alkyl halides is 4. The Labute approximate surface area is 292 Å². The number of aryl methyl sites for hydroxylation is 1. The van der Waals surface area contributed by atoms with Gasteiger partial charge in [-0.25, -0.2) is 26.3 Å². The smallest absolute Gasteiger partial charge is 0.429 e. The van der Waals surface area contributed by atoms with Crippen LogP contribution in [-0.4, -0.2) is 6.11 Å². The van der Waals surface area contributed by atoms with E-state index in [9.17, 15) is 35.1 Å². The summed E-state index contributed by atoms with van der Waals surface area (Å²) in [5.74, 6) is -13.7. The summed E-state index contributed by atoms with van der Waals surface area (Å²) >= 11 is 6.24. The molecule has 5 aromatic carbocycles. The van der Waals surface area contributed by atoms with Crippen LogP contribution in [0.15, 0.2) is 91.0 Å². The van der Waals surface area contributed by atoms with Crippen LogP contribution in [0.25, 0.3) is 33.4 Å². The zero-order chi connectivity index (χ0) is 38.1. The number of halogens is 13. The molecule has 2 nitrogen and oxygen atoms in total. The minimum atomic E-state index is -5.04. The Hall–Kier alpha value is -5.11. The Kier molecular flexibility index (Phi) is 10.9. The molecule has 0 saturated carbocycles. The van der Waals surface area contributed by atoms with Crippen LogP contribution >= 0.6 is 11.6 Å². The lowest BCUT2D eigenvalue weighted by molar-refractivity contribution is -0.189. The lowest BCUT2D eigenvalue weighted by Gasteiger charge is -2.21. The van der Waals surface area contributed by atoms with Crippen molar-refractivity contribution >= 4 is 11.6 Å². The van der Waals surface area contributed by atoms with Crippen LogP contribution in [0.1, 0.15) is 24.5 Å². The number of benzene rings is 5. The predicted molar refractivity (Wildman–Crippen MR) is 168 cm³/mol. The van der Waals surface area contributed by atoms with Gasteiger partial charge in [-0.15, -0.1) is 0 Å². The van der Waals surface area contributed by atoms with Gasteiger partial charge < -0.3 is 9.47 Å². The maximum absolute atomic E-state index is 15.4. The largest absolute Gasteiger partial charge is 0.432 e. The lowest BCUT2D eigenvalue weighted by Crippen LogP contribution is -2.26. The molecule has 0 saturated heterocycles. The molecule has 0 unspecified atom stereocenters. The van der Waals surface area contributed by atoms with Crippen LogP contribution in [0, 0.1) is 34.9 Å². The first-order chi connectivity index (χ1) is 24.4. The average molecular weight is 761 g/mol. The van der Waals surface area contributed by atoms with Gasteiger partial charge in [0.15, 0.2) is 17.4 Å². The minimum absolute atomic E-state index is 0.0586.